The number of esters is 1. The number of ether oxygens (including phenoxy) is 1. The van der Waals surface area contributed by atoms with Crippen LogP contribution >= 0.6 is 0 Å². The molecule has 18 heavy (non-hydrogen) atoms. The third kappa shape index (κ3) is 3.95. The van der Waals surface area contributed by atoms with Crippen molar-refractivity contribution in [1.82, 2.24) is 4.90 Å². The van der Waals surface area contributed by atoms with E-state index in [1.165, 1.54) is 26.4 Å². The monoisotopic (exact) mass is 256 g/mol. The molecule has 0 aromatic rings. The van der Waals surface area contributed by atoms with Gasteiger partial charge in [-0.25, -0.2) is 0 Å². The summed E-state index contributed by atoms with van der Waals surface area (Å²) in [6.45, 7) is 9.49. The lowest BCUT2D eigenvalue weighted by Gasteiger charge is -2.39. The summed E-state index contributed by atoms with van der Waals surface area (Å²) in [6.07, 6.45) is 4.38. The van der Waals surface area contributed by atoms with Gasteiger partial charge in [0, 0.05) is 6.54 Å². The molecule has 0 saturated carbocycles. The fourth-order valence-corrected chi connectivity index (χ4v) is 2.40. The summed E-state index contributed by atoms with van der Waals surface area (Å²) in [7, 11) is 1.39. The Morgan fingerprint density at radius 2 is 2.00 bits per heavy atom. The Morgan fingerprint density at radius 3 is 2.44 bits per heavy atom. The first kappa shape index (κ1) is 15.4. The lowest BCUT2D eigenvalue weighted by molar-refractivity contribution is -0.146. The zero-order valence-electron chi connectivity index (χ0n) is 12.3. The fourth-order valence-electron chi connectivity index (χ4n) is 2.40. The second-order valence-corrected chi connectivity index (χ2v) is 6.16. The number of carbonyl (C=O) groups is 1. The van der Waals surface area contributed by atoms with Crippen LogP contribution in [-0.2, 0) is 9.53 Å². The third-order valence-corrected chi connectivity index (χ3v) is 4.52. The van der Waals surface area contributed by atoms with E-state index in [9.17, 15) is 4.79 Å². The fraction of sp³-hybridized carbons (Fsp3) is 0.929. The van der Waals surface area contributed by atoms with Crippen LogP contribution in [0.2, 0.25) is 0 Å². The summed E-state index contributed by atoms with van der Waals surface area (Å²) in [5.41, 5.74) is 5.61. The molecule has 1 rings (SSSR count). The highest BCUT2D eigenvalue weighted by molar-refractivity contribution is 5.79. The Labute approximate surface area is 111 Å². The van der Waals surface area contributed by atoms with Crippen molar-refractivity contribution in [2.45, 2.75) is 52.0 Å². The number of carbonyl (C=O) groups excluding carboxylic acids is 1. The molecule has 1 saturated heterocycles. The van der Waals surface area contributed by atoms with Crippen LogP contribution in [0.15, 0.2) is 0 Å². The van der Waals surface area contributed by atoms with Crippen LogP contribution in [0.5, 0.6) is 0 Å². The van der Waals surface area contributed by atoms with E-state index in [0.29, 0.717) is 11.8 Å². The van der Waals surface area contributed by atoms with E-state index in [-0.39, 0.29) is 5.97 Å². The van der Waals surface area contributed by atoms with Crippen molar-refractivity contribution in [2.75, 3.05) is 26.7 Å². The van der Waals surface area contributed by atoms with E-state index >= 15 is 0 Å². The Kier molecular flexibility index (Phi) is 5.17. The summed E-state index contributed by atoms with van der Waals surface area (Å²) < 4.78 is 4.72. The summed E-state index contributed by atoms with van der Waals surface area (Å²) in [5, 5.41) is 0. The number of nitrogens with zero attached hydrogens (tertiary/aromatic N) is 1. The Bertz CT molecular complexity index is 282. The minimum Gasteiger partial charge on any atom is -0.468 e. The molecule has 4 heteroatoms. The zero-order valence-corrected chi connectivity index (χ0v) is 12.3. The smallest absolute Gasteiger partial charge is 0.325 e. The van der Waals surface area contributed by atoms with E-state index in [0.717, 1.165) is 19.6 Å². The Hall–Kier alpha value is -0.610. The number of hydrogen-bond acceptors (Lipinski definition) is 4. The Morgan fingerprint density at radius 1 is 1.44 bits per heavy atom. The average Bonchev–Trinajstić information content (AvgIpc) is 2.37. The normalized spacial score (nSPS) is 23.4. The van der Waals surface area contributed by atoms with E-state index in [2.05, 4.69) is 18.7 Å². The minimum absolute atomic E-state index is 0.321. The number of nitrogens with two attached hydrogens (primary N) is 1. The standard InChI is InChI=1S/C14H28N2O2/c1-5-13(2)6-9-16(10-7-13)11-8-14(3,15)12(17)18-4/h5-11,15H2,1-4H3. The van der Waals surface area contributed by atoms with E-state index in [4.69, 9.17) is 10.5 Å². The van der Waals surface area contributed by atoms with Crippen LogP contribution in [0.1, 0.15) is 46.5 Å². The highest BCUT2D eigenvalue weighted by atomic mass is 16.5. The van der Waals surface area contributed by atoms with Gasteiger partial charge >= 0.3 is 5.97 Å². The second-order valence-electron chi connectivity index (χ2n) is 6.16. The molecule has 0 radical (unpaired) electrons. The summed E-state index contributed by atoms with van der Waals surface area (Å²) in [4.78, 5) is 13.9. The highest BCUT2D eigenvalue weighted by Gasteiger charge is 2.32. The average molecular weight is 256 g/mol. The lowest BCUT2D eigenvalue weighted by atomic mass is 9.78. The van der Waals surface area contributed by atoms with Crippen molar-refractivity contribution in [2.24, 2.45) is 11.1 Å². The molecule has 1 fully saturated rings. The maximum Gasteiger partial charge on any atom is 0.325 e. The largest absolute Gasteiger partial charge is 0.468 e. The van der Waals surface area contributed by atoms with Crippen molar-refractivity contribution in [1.29, 1.82) is 0 Å². The molecule has 106 valence electrons. The zero-order chi connectivity index (χ0) is 13.8. The van der Waals surface area contributed by atoms with E-state index in [1.54, 1.807) is 6.92 Å². The van der Waals surface area contributed by atoms with Gasteiger partial charge < -0.3 is 15.4 Å². The summed E-state index contributed by atoms with van der Waals surface area (Å²) in [5.74, 6) is -0.321. The van der Waals surface area contributed by atoms with Gasteiger partial charge in [-0.1, -0.05) is 20.3 Å². The molecule has 1 aliphatic rings. The molecule has 0 aliphatic carbocycles. The molecule has 0 spiro atoms. The van der Waals surface area contributed by atoms with Gasteiger partial charge in [0.15, 0.2) is 0 Å². The van der Waals surface area contributed by atoms with Crippen LogP contribution in [-0.4, -0.2) is 43.2 Å². The predicted octanol–water partition coefficient (Wildman–Crippen LogP) is 1.78. The van der Waals surface area contributed by atoms with Crippen molar-refractivity contribution in [3.63, 3.8) is 0 Å². The molecule has 1 aliphatic heterocycles. The lowest BCUT2D eigenvalue weighted by Crippen LogP contribution is -2.49. The first-order valence-electron chi connectivity index (χ1n) is 6.93. The molecular formula is C14H28N2O2. The third-order valence-electron chi connectivity index (χ3n) is 4.52. The summed E-state index contributed by atoms with van der Waals surface area (Å²) >= 11 is 0. The molecule has 1 unspecified atom stereocenters. The van der Waals surface area contributed by atoms with Crippen LogP contribution in [0.4, 0.5) is 0 Å². The Balaban J connectivity index is 2.36. The number of likely N-dealkylation sites (tertiary alicyclic amines) is 1. The molecule has 1 atom stereocenters. The van der Waals surface area contributed by atoms with Gasteiger partial charge in [0.1, 0.15) is 5.54 Å². The van der Waals surface area contributed by atoms with Gasteiger partial charge in [-0.3, -0.25) is 4.79 Å². The van der Waals surface area contributed by atoms with Gasteiger partial charge in [0.2, 0.25) is 0 Å². The molecule has 0 bridgehead atoms. The highest BCUT2D eigenvalue weighted by Crippen LogP contribution is 2.33. The number of hydrogen-bond donors (Lipinski definition) is 1. The molecule has 4 nitrogen and oxygen atoms in total. The summed E-state index contributed by atoms with van der Waals surface area (Å²) in [6, 6.07) is 0. The van der Waals surface area contributed by atoms with Gasteiger partial charge in [-0.05, 0) is 44.7 Å². The minimum atomic E-state index is -0.861. The second kappa shape index (κ2) is 6.02. The van der Waals surface area contributed by atoms with Gasteiger partial charge in [-0.15, -0.1) is 0 Å². The molecular weight excluding hydrogens is 228 g/mol. The van der Waals surface area contributed by atoms with Crippen molar-refractivity contribution < 1.29 is 9.53 Å². The quantitative estimate of drug-likeness (QED) is 0.762. The van der Waals surface area contributed by atoms with Crippen LogP contribution < -0.4 is 5.73 Å². The van der Waals surface area contributed by atoms with Crippen molar-refractivity contribution in [3.8, 4) is 0 Å². The van der Waals surface area contributed by atoms with Crippen LogP contribution in [0.25, 0.3) is 0 Å². The molecule has 1 heterocycles. The van der Waals surface area contributed by atoms with E-state index in [1.807, 2.05) is 0 Å². The van der Waals surface area contributed by atoms with Gasteiger partial charge in [0.05, 0.1) is 7.11 Å². The van der Waals surface area contributed by atoms with Crippen LogP contribution in [0, 0.1) is 5.41 Å². The first-order chi connectivity index (χ1) is 8.33. The topological polar surface area (TPSA) is 55.6 Å². The molecule has 0 aromatic heterocycles. The maximum absolute atomic E-state index is 11.5. The first-order valence-corrected chi connectivity index (χ1v) is 6.93. The van der Waals surface area contributed by atoms with E-state index < -0.39 is 5.54 Å². The van der Waals surface area contributed by atoms with Gasteiger partial charge in [-0.2, -0.15) is 0 Å². The SMILES string of the molecule is CCC1(C)CCN(CCC(C)(N)C(=O)OC)CC1. The van der Waals surface area contributed by atoms with Crippen LogP contribution in [0.3, 0.4) is 0 Å². The number of piperidine rings is 1. The number of rotatable bonds is 5. The predicted molar refractivity (Wildman–Crippen MR) is 73.3 cm³/mol. The molecule has 2 N–H and O–H groups in total. The van der Waals surface area contributed by atoms with Gasteiger partial charge in [0.25, 0.3) is 0 Å². The molecule has 0 aromatic carbocycles. The van der Waals surface area contributed by atoms with Crippen molar-refractivity contribution in [3.05, 3.63) is 0 Å². The maximum atomic E-state index is 11.5. The number of methoxy groups -OCH3 is 1. The molecule has 0 amide bonds. The van der Waals surface area contributed by atoms with Crippen molar-refractivity contribution >= 4 is 5.97 Å².